The zero-order valence-corrected chi connectivity index (χ0v) is 20.7. The highest BCUT2D eigenvalue weighted by molar-refractivity contribution is 6.07. The number of benzene rings is 2. The molecule has 3 aromatic rings. The van der Waals surface area contributed by atoms with Gasteiger partial charge in [0.05, 0.1) is 11.9 Å². The third-order valence-corrected chi connectivity index (χ3v) is 4.86. The molecule has 7 heteroatoms. The lowest BCUT2D eigenvalue weighted by atomic mass is 9.92. The van der Waals surface area contributed by atoms with Gasteiger partial charge in [-0.05, 0) is 47.2 Å². The standard InChI is InChI=1S/C27H33N3O4/c1-26(2,3)16-23(31)28-20-12-13-21-18(14-20)15-22(25(33)29-19-10-8-7-9-11-19)30(21)34-24(32)17-27(4,5)6/h7-15H,16-17H2,1-6H3,(H,28,31)(H,29,33). The molecule has 2 aromatic carbocycles. The number of para-hydroxylation sites is 1. The van der Waals surface area contributed by atoms with Crippen molar-refractivity contribution in [3.63, 3.8) is 0 Å². The zero-order chi connectivity index (χ0) is 25.1. The van der Waals surface area contributed by atoms with E-state index in [0.717, 1.165) is 0 Å². The van der Waals surface area contributed by atoms with E-state index < -0.39 is 11.9 Å². The molecule has 34 heavy (non-hydrogen) atoms. The molecule has 0 fully saturated rings. The minimum Gasteiger partial charge on any atom is -0.336 e. The molecule has 1 heterocycles. The summed E-state index contributed by atoms with van der Waals surface area (Å²) in [6.45, 7) is 11.8. The third-order valence-electron chi connectivity index (χ3n) is 4.86. The Morgan fingerprint density at radius 2 is 1.44 bits per heavy atom. The SMILES string of the molecule is CC(C)(C)CC(=O)Nc1ccc2c(c1)cc(C(=O)Nc1ccccc1)n2OC(=O)CC(C)(C)C. The number of hydrogen-bond acceptors (Lipinski definition) is 4. The van der Waals surface area contributed by atoms with Crippen molar-refractivity contribution in [2.75, 3.05) is 10.6 Å². The van der Waals surface area contributed by atoms with E-state index in [1.165, 1.54) is 4.73 Å². The van der Waals surface area contributed by atoms with Crippen LogP contribution >= 0.6 is 0 Å². The van der Waals surface area contributed by atoms with E-state index in [1.807, 2.05) is 59.7 Å². The van der Waals surface area contributed by atoms with Gasteiger partial charge in [-0.15, -0.1) is 0 Å². The maximum Gasteiger partial charge on any atom is 0.333 e. The Kier molecular flexibility index (Phi) is 7.15. The van der Waals surface area contributed by atoms with Crippen LogP contribution in [-0.2, 0) is 9.59 Å². The third kappa shape index (κ3) is 6.94. The molecule has 0 saturated carbocycles. The first-order valence-corrected chi connectivity index (χ1v) is 11.3. The zero-order valence-electron chi connectivity index (χ0n) is 20.7. The second-order valence-electron chi connectivity index (χ2n) is 10.9. The number of aromatic nitrogens is 1. The second kappa shape index (κ2) is 9.71. The lowest BCUT2D eigenvalue weighted by Gasteiger charge is -2.18. The Morgan fingerprint density at radius 3 is 2.06 bits per heavy atom. The van der Waals surface area contributed by atoms with Crippen LogP contribution in [0.25, 0.3) is 10.9 Å². The van der Waals surface area contributed by atoms with Crippen LogP contribution in [0.1, 0.15) is 64.9 Å². The first kappa shape index (κ1) is 25.0. The molecule has 0 bridgehead atoms. The molecule has 180 valence electrons. The predicted molar refractivity (Wildman–Crippen MR) is 135 cm³/mol. The Balaban J connectivity index is 1.95. The normalized spacial score (nSPS) is 11.8. The molecule has 0 aliphatic rings. The van der Waals surface area contributed by atoms with Crippen LogP contribution in [0.15, 0.2) is 54.6 Å². The molecule has 7 nitrogen and oxygen atoms in total. The highest BCUT2D eigenvalue weighted by Crippen LogP contribution is 2.26. The number of nitrogens with one attached hydrogen (secondary N) is 2. The summed E-state index contributed by atoms with van der Waals surface area (Å²) in [6, 6.07) is 15.9. The van der Waals surface area contributed by atoms with Crippen molar-refractivity contribution in [1.29, 1.82) is 0 Å². The van der Waals surface area contributed by atoms with Crippen LogP contribution in [0, 0.1) is 10.8 Å². The lowest BCUT2D eigenvalue weighted by molar-refractivity contribution is -0.145. The smallest absolute Gasteiger partial charge is 0.333 e. The van der Waals surface area contributed by atoms with Gasteiger partial charge < -0.3 is 15.5 Å². The summed E-state index contributed by atoms with van der Waals surface area (Å²) in [5, 5.41) is 6.40. The van der Waals surface area contributed by atoms with Gasteiger partial charge in [-0.25, -0.2) is 4.79 Å². The number of anilines is 2. The highest BCUT2D eigenvalue weighted by atomic mass is 16.7. The van der Waals surface area contributed by atoms with Crippen molar-refractivity contribution in [2.45, 2.75) is 54.4 Å². The molecule has 0 saturated heterocycles. The van der Waals surface area contributed by atoms with Crippen LogP contribution in [0.4, 0.5) is 11.4 Å². The molecule has 2 N–H and O–H groups in total. The largest absolute Gasteiger partial charge is 0.336 e. The predicted octanol–water partition coefficient (Wildman–Crippen LogP) is 5.66. The Labute approximate surface area is 200 Å². The summed E-state index contributed by atoms with van der Waals surface area (Å²) in [5.74, 6) is -0.949. The van der Waals surface area contributed by atoms with Gasteiger partial charge in [-0.1, -0.05) is 59.7 Å². The van der Waals surface area contributed by atoms with E-state index in [4.69, 9.17) is 4.84 Å². The Hall–Kier alpha value is -3.61. The van der Waals surface area contributed by atoms with Gasteiger partial charge in [-0.3, -0.25) is 9.59 Å². The molecule has 0 atom stereocenters. The number of fused-ring (bicyclic) bond motifs is 1. The van der Waals surface area contributed by atoms with E-state index in [1.54, 1.807) is 36.4 Å². The molecule has 0 radical (unpaired) electrons. The van der Waals surface area contributed by atoms with Crippen LogP contribution in [-0.4, -0.2) is 22.5 Å². The van der Waals surface area contributed by atoms with Crippen LogP contribution in [0.3, 0.4) is 0 Å². The van der Waals surface area contributed by atoms with Crippen molar-refractivity contribution in [1.82, 2.24) is 4.73 Å². The number of amides is 2. The molecule has 0 aliphatic carbocycles. The quantitative estimate of drug-likeness (QED) is 0.494. The second-order valence-corrected chi connectivity index (χ2v) is 10.9. The molecule has 1 aromatic heterocycles. The van der Waals surface area contributed by atoms with E-state index in [9.17, 15) is 14.4 Å². The van der Waals surface area contributed by atoms with Crippen molar-refractivity contribution in [3.8, 4) is 0 Å². The monoisotopic (exact) mass is 463 g/mol. The van der Waals surface area contributed by atoms with Gasteiger partial charge >= 0.3 is 5.97 Å². The van der Waals surface area contributed by atoms with Gasteiger partial charge in [0, 0.05) is 23.2 Å². The van der Waals surface area contributed by atoms with Crippen molar-refractivity contribution in [2.24, 2.45) is 10.8 Å². The first-order chi connectivity index (χ1) is 15.8. The maximum atomic E-state index is 13.1. The minimum absolute atomic E-state index is 0.0927. The molecule has 0 unspecified atom stereocenters. The fraction of sp³-hybridized carbons (Fsp3) is 0.370. The van der Waals surface area contributed by atoms with Gasteiger partial charge in [0.25, 0.3) is 5.91 Å². The summed E-state index contributed by atoms with van der Waals surface area (Å²) >= 11 is 0. The molecular formula is C27H33N3O4. The van der Waals surface area contributed by atoms with E-state index in [2.05, 4.69) is 10.6 Å². The van der Waals surface area contributed by atoms with Crippen LogP contribution < -0.4 is 15.5 Å². The van der Waals surface area contributed by atoms with Crippen LogP contribution in [0.5, 0.6) is 0 Å². The summed E-state index contributed by atoms with van der Waals surface area (Å²) in [6.07, 6.45) is 0.564. The summed E-state index contributed by atoms with van der Waals surface area (Å²) in [7, 11) is 0. The number of nitrogens with zero attached hydrogens (tertiary/aromatic N) is 1. The molecule has 0 aliphatic heterocycles. The van der Waals surface area contributed by atoms with Crippen molar-refractivity contribution < 1.29 is 19.2 Å². The summed E-state index contributed by atoms with van der Waals surface area (Å²) < 4.78 is 1.27. The summed E-state index contributed by atoms with van der Waals surface area (Å²) in [5.41, 5.74) is 1.56. The fourth-order valence-electron chi connectivity index (χ4n) is 3.50. The Bertz CT molecular complexity index is 1200. The fourth-order valence-corrected chi connectivity index (χ4v) is 3.50. The first-order valence-electron chi connectivity index (χ1n) is 11.3. The van der Waals surface area contributed by atoms with Gasteiger partial charge in [0.2, 0.25) is 5.91 Å². The molecule has 2 amide bonds. The van der Waals surface area contributed by atoms with Gasteiger partial charge in [0.15, 0.2) is 0 Å². The molecular weight excluding hydrogens is 430 g/mol. The van der Waals surface area contributed by atoms with Crippen LogP contribution in [0.2, 0.25) is 0 Å². The molecule has 3 rings (SSSR count). The van der Waals surface area contributed by atoms with E-state index in [-0.39, 0.29) is 28.9 Å². The van der Waals surface area contributed by atoms with E-state index in [0.29, 0.717) is 28.7 Å². The Morgan fingerprint density at radius 1 is 0.794 bits per heavy atom. The topological polar surface area (TPSA) is 89.4 Å². The number of carbonyl (C=O) groups excluding carboxylic acids is 3. The average Bonchev–Trinajstić information content (AvgIpc) is 3.03. The van der Waals surface area contributed by atoms with Gasteiger partial charge in [0.1, 0.15) is 5.69 Å². The minimum atomic E-state index is -0.443. The number of carbonyl (C=O) groups is 3. The lowest BCUT2D eigenvalue weighted by Crippen LogP contribution is -2.28. The van der Waals surface area contributed by atoms with Crippen molar-refractivity contribution in [3.05, 3.63) is 60.3 Å². The van der Waals surface area contributed by atoms with E-state index >= 15 is 0 Å². The number of hydrogen-bond donors (Lipinski definition) is 2. The summed E-state index contributed by atoms with van der Waals surface area (Å²) in [4.78, 5) is 43.7. The van der Waals surface area contributed by atoms with Crippen molar-refractivity contribution >= 4 is 40.1 Å². The maximum absolute atomic E-state index is 13.1. The molecule has 0 spiro atoms. The highest BCUT2D eigenvalue weighted by Gasteiger charge is 2.23. The van der Waals surface area contributed by atoms with Gasteiger partial charge in [-0.2, -0.15) is 4.73 Å². The average molecular weight is 464 g/mol. The number of rotatable bonds is 6.